The molecule has 0 saturated heterocycles. The Morgan fingerprint density at radius 3 is 2.38 bits per heavy atom. The van der Waals surface area contributed by atoms with Gasteiger partial charge >= 0.3 is 5.97 Å². The third-order valence-electron chi connectivity index (χ3n) is 3.57. The molecule has 0 heterocycles. The topological polar surface area (TPSA) is 50.1 Å². The highest BCUT2D eigenvalue weighted by Gasteiger charge is 2.31. The Labute approximate surface area is 97.8 Å². The van der Waals surface area contributed by atoms with Crippen molar-refractivity contribution in [2.24, 2.45) is 11.3 Å². The third-order valence-corrected chi connectivity index (χ3v) is 3.57. The van der Waals surface area contributed by atoms with Gasteiger partial charge in [0.15, 0.2) is 0 Å². The predicted molar refractivity (Wildman–Crippen MR) is 61.5 cm³/mol. The smallest absolute Gasteiger partial charge is 0.311 e. The molecule has 0 atom stereocenters. The minimum atomic E-state index is -0.383. The summed E-state index contributed by atoms with van der Waals surface area (Å²) in [6.07, 6.45) is 4.22. The first-order valence-corrected chi connectivity index (χ1v) is 6.10. The summed E-state index contributed by atoms with van der Waals surface area (Å²) in [5.74, 6) is 0.0598. The van der Waals surface area contributed by atoms with Gasteiger partial charge in [-0.1, -0.05) is 6.92 Å². The van der Waals surface area contributed by atoms with E-state index in [9.17, 15) is 4.79 Å². The van der Waals surface area contributed by atoms with Crippen LogP contribution in [0.15, 0.2) is 0 Å². The van der Waals surface area contributed by atoms with Crippen LogP contribution >= 0.6 is 0 Å². The summed E-state index contributed by atoms with van der Waals surface area (Å²) in [4.78, 5) is 11.8. The normalized spacial score (nSPS) is 25.9. The maximum Gasteiger partial charge on any atom is 0.311 e. The third kappa shape index (κ3) is 3.23. The highest BCUT2D eigenvalue weighted by atomic mass is 16.5. The van der Waals surface area contributed by atoms with Gasteiger partial charge in [-0.25, -0.2) is 0 Å². The molecule has 1 rings (SSSR count). The molecule has 1 aliphatic rings. The SMILES string of the molecule is CCC(C)(C)C(=O)OC1CCC(C#N)CC1. The summed E-state index contributed by atoms with van der Waals surface area (Å²) < 4.78 is 5.49. The van der Waals surface area contributed by atoms with Gasteiger partial charge < -0.3 is 4.74 Å². The van der Waals surface area contributed by atoms with Crippen molar-refractivity contribution in [1.29, 1.82) is 5.26 Å². The zero-order chi connectivity index (χ0) is 12.2. The van der Waals surface area contributed by atoms with Crippen LogP contribution < -0.4 is 0 Å². The van der Waals surface area contributed by atoms with Crippen LogP contribution in [0.5, 0.6) is 0 Å². The molecule has 16 heavy (non-hydrogen) atoms. The Kier molecular flexibility index (Phi) is 4.35. The van der Waals surface area contributed by atoms with Crippen LogP contribution in [0.4, 0.5) is 0 Å². The zero-order valence-corrected chi connectivity index (χ0v) is 10.5. The van der Waals surface area contributed by atoms with Crippen molar-refractivity contribution in [3.63, 3.8) is 0 Å². The standard InChI is InChI=1S/C13H21NO2/c1-4-13(2,3)12(15)16-11-7-5-10(9-14)6-8-11/h10-11H,4-8H2,1-3H3. The molecule has 90 valence electrons. The lowest BCUT2D eigenvalue weighted by Crippen LogP contribution is -2.32. The fourth-order valence-corrected chi connectivity index (χ4v) is 1.77. The molecule has 3 nitrogen and oxygen atoms in total. The Balaban J connectivity index is 2.40. The van der Waals surface area contributed by atoms with E-state index in [0.717, 1.165) is 32.1 Å². The monoisotopic (exact) mass is 223 g/mol. The Hall–Kier alpha value is -1.04. The summed E-state index contributed by atoms with van der Waals surface area (Å²) in [5.41, 5.74) is -0.383. The molecular formula is C13H21NO2. The predicted octanol–water partition coefficient (Wildman–Crippen LogP) is 3.05. The number of nitriles is 1. The molecule has 0 unspecified atom stereocenters. The molecular weight excluding hydrogens is 202 g/mol. The largest absolute Gasteiger partial charge is 0.462 e. The lowest BCUT2D eigenvalue weighted by atomic mass is 9.87. The average Bonchev–Trinajstić information content (AvgIpc) is 2.30. The Morgan fingerprint density at radius 1 is 1.38 bits per heavy atom. The second-order valence-corrected chi connectivity index (χ2v) is 5.25. The number of rotatable bonds is 3. The number of hydrogen-bond donors (Lipinski definition) is 0. The van der Waals surface area contributed by atoms with Crippen molar-refractivity contribution < 1.29 is 9.53 Å². The van der Waals surface area contributed by atoms with Gasteiger partial charge in [-0.15, -0.1) is 0 Å². The molecule has 0 aromatic heterocycles. The molecule has 0 aliphatic heterocycles. The van der Waals surface area contributed by atoms with Crippen LogP contribution in [0.2, 0.25) is 0 Å². The summed E-state index contributed by atoms with van der Waals surface area (Å²) in [5, 5.41) is 8.77. The number of ether oxygens (including phenoxy) is 1. The van der Waals surface area contributed by atoms with Gasteiger partial charge in [0.1, 0.15) is 6.10 Å². The zero-order valence-electron chi connectivity index (χ0n) is 10.5. The van der Waals surface area contributed by atoms with Crippen molar-refractivity contribution in [2.75, 3.05) is 0 Å². The number of carbonyl (C=O) groups is 1. The highest BCUT2D eigenvalue weighted by Crippen LogP contribution is 2.29. The number of nitrogens with zero attached hydrogens (tertiary/aromatic N) is 1. The Bertz CT molecular complexity index is 283. The molecule has 0 bridgehead atoms. The molecule has 3 heteroatoms. The molecule has 0 aromatic carbocycles. The maximum atomic E-state index is 11.8. The van der Waals surface area contributed by atoms with Crippen LogP contribution in [0.3, 0.4) is 0 Å². The highest BCUT2D eigenvalue weighted by molar-refractivity contribution is 5.75. The summed E-state index contributed by atoms with van der Waals surface area (Å²) in [6.45, 7) is 5.82. The van der Waals surface area contributed by atoms with E-state index in [1.165, 1.54) is 0 Å². The first-order valence-electron chi connectivity index (χ1n) is 6.10. The van der Waals surface area contributed by atoms with Crippen LogP contribution in [-0.2, 0) is 9.53 Å². The average molecular weight is 223 g/mol. The molecule has 0 amide bonds. The lowest BCUT2D eigenvalue weighted by molar-refractivity contribution is -0.161. The quantitative estimate of drug-likeness (QED) is 0.691. The van der Waals surface area contributed by atoms with E-state index in [1.54, 1.807) is 0 Å². The first kappa shape index (κ1) is 13.0. The van der Waals surface area contributed by atoms with Gasteiger partial charge in [0.05, 0.1) is 11.5 Å². The number of esters is 1. The van der Waals surface area contributed by atoms with Gasteiger partial charge in [-0.3, -0.25) is 4.79 Å². The Morgan fingerprint density at radius 2 is 1.94 bits per heavy atom. The van der Waals surface area contributed by atoms with E-state index in [1.807, 2.05) is 20.8 Å². The summed E-state index contributed by atoms with van der Waals surface area (Å²) in [7, 11) is 0. The van der Waals surface area contributed by atoms with Crippen molar-refractivity contribution >= 4 is 5.97 Å². The van der Waals surface area contributed by atoms with Crippen molar-refractivity contribution in [2.45, 2.75) is 59.0 Å². The lowest BCUT2D eigenvalue weighted by Gasteiger charge is -2.28. The maximum absolute atomic E-state index is 11.8. The van der Waals surface area contributed by atoms with E-state index >= 15 is 0 Å². The van der Waals surface area contributed by atoms with E-state index in [-0.39, 0.29) is 23.4 Å². The molecule has 1 fully saturated rings. The van der Waals surface area contributed by atoms with Crippen LogP contribution in [0.1, 0.15) is 52.9 Å². The van der Waals surface area contributed by atoms with Crippen molar-refractivity contribution in [3.05, 3.63) is 0 Å². The summed E-state index contributed by atoms with van der Waals surface area (Å²) in [6, 6.07) is 2.28. The minimum absolute atomic E-state index is 0.0305. The van der Waals surface area contributed by atoms with Crippen LogP contribution in [0, 0.1) is 22.7 Å². The fraction of sp³-hybridized carbons (Fsp3) is 0.846. The molecule has 0 aromatic rings. The van der Waals surface area contributed by atoms with Gasteiger partial charge in [0.25, 0.3) is 0 Å². The van der Waals surface area contributed by atoms with Gasteiger partial charge in [-0.05, 0) is 46.0 Å². The van der Waals surface area contributed by atoms with Crippen molar-refractivity contribution in [1.82, 2.24) is 0 Å². The van der Waals surface area contributed by atoms with Gasteiger partial charge in [0, 0.05) is 5.92 Å². The van der Waals surface area contributed by atoms with Crippen molar-refractivity contribution in [3.8, 4) is 6.07 Å². The molecule has 0 N–H and O–H groups in total. The van der Waals surface area contributed by atoms with Crippen LogP contribution in [0.25, 0.3) is 0 Å². The molecule has 0 spiro atoms. The molecule has 0 radical (unpaired) electrons. The minimum Gasteiger partial charge on any atom is -0.462 e. The van der Waals surface area contributed by atoms with E-state index in [4.69, 9.17) is 10.00 Å². The molecule has 1 aliphatic carbocycles. The molecule has 1 saturated carbocycles. The number of carbonyl (C=O) groups excluding carboxylic acids is 1. The second kappa shape index (κ2) is 5.34. The fourth-order valence-electron chi connectivity index (χ4n) is 1.77. The second-order valence-electron chi connectivity index (χ2n) is 5.25. The van der Waals surface area contributed by atoms with E-state index in [2.05, 4.69) is 6.07 Å². The number of hydrogen-bond acceptors (Lipinski definition) is 3. The van der Waals surface area contributed by atoms with E-state index in [0.29, 0.717) is 0 Å². The summed E-state index contributed by atoms with van der Waals surface area (Å²) >= 11 is 0. The first-order chi connectivity index (χ1) is 7.49. The van der Waals surface area contributed by atoms with E-state index < -0.39 is 0 Å². The van der Waals surface area contributed by atoms with Crippen LogP contribution in [-0.4, -0.2) is 12.1 Å². The van der Waals surface area contributed by atoms with Gasteiger partial charge in [0.2, 0.25) is 0 Å². The van der Waals surface area contributed by atoms with Gasteiger partial charge in [-0.2, -0.15) is 5.26 Å².